The summed E-state index contributed by atoms with van der Waals surface area (Å²) < 4.78 is 79.1. The second kappa shape index (κ2) is 8.96. The van der Waals surface area contributed by atoms with Crippen LogP contribution in [0.3, 0.4) is 0 Å². The fourth-order valence-corrected chi connectivity index (χ4v) is 2.47. The molecule has 0 bridgehead atoms. The number of benzene rings is 1. The highest BCUT2D eigenvalue weighted by molar-refractivity contribution is 5.85. The fourth-order valence-electron chi connectivity index (χ4n) is 2.47. The molecule has 1 atom stereocenters. The molecule has 0 amide bonds. The van der Waals surface area contributed by atoms with Crippen LogP contribution in [0.1, 0.15) is 18.0 Å². The van der Waals surface area contributed by atoms with Gasteiger partial charge >= 0.3 is 6.18 Å². The number of hydrogen-bond donors (Lipinski definition) is 1. The summed E-state index contributed by atoms with van der Waals surface area (Å²) in [5, 5.41) is 2.94. The molecule has 134 valence electrons. The second-order valence-electron chi connectivity index (χ2n) is 4.88. The SMILES string of the molecule is Cl.Cl.Fc1ccc(F)c([C@@H](CC(F)(F)F)N2CCNCC2)c1F. The van der Waals surface area contributed by atoms with Gasteiger partial charge in [0.15, 0.2) is 11.6 Å². The van der Waals surface area contributed by atoms with E-state index >= 15 is 0 Å². The van der Waals surface area contributed by atoms with Crippen LogP contribution in [0.4, 0.5) is 26.3 Å². The quantitative estimate of drug-likeness (QED) is 0.628. The van der Waals surface area contributed by atoms with Gasteiger partial charge in [0.25, 0.3) is 0 Å². The Morgan fingerprint density at radius 1 is 1.00 bits per heavy atom. The summed E-state index contributed by atoms with van der Waals surface area (Å²) in [4.78, 5) is 1.32. The van der Waals surface area contributed by atoms with Gasteiger partial charge in [0.2, 0.25) is 0 Å². The van der Waals surface area contributed by atoms with Crippen molar-refractivity contribution in [2.24, 2.45) is 0 Å². The van der Waals surface area contributed by atoms with Crippen LogP contribution in [0.15, 0.2) is 12.1 Å². The summed E-state index contributed by atoms with van der Waals surface area (Å²) >= 11 is 0. The highest BCUT2D eigenvalue weighted by Crippen LogP contribution is 2.36. The van der Waals surface area contributed by atoms with Crippen LogP contribution in [-0.4, -0.2) is 37.3 Å². The third kappa shape index (κ3) is 5.70. The second-order valence-corrected chi connectivity index (χ2v) is 4.88. The van der Waals surface area contributed by atoms with Crippen LogP contribution in [0.2, 0.25) is 0 Å². The number of piperazine rings is 1. The van der Waals surface area contributed by atoms with Crippen molar-refractivity contribution in [3.63, 3.8) is 0 Å². The lowest BCUT2D eigenvalue weighted by atomic mass is 9.99. The molecule has 0 unspecified atom stereocenters. The standard InChI is InChI=1S/C13H14F6N2.2ClH/c14-8-1-2-9(15)12(16)11(8)10(7-13(17,18)19)21-5-3-20-4-6-21;;/h1-2,10,20H,3-7H2;2*1H/t10-;;/m1../s1. The fraction of sp³-hybridized carbons (Fsp3) is 0.538. The molecule has 1 aliphatic rings. The van der Waals surface area contributed by atoms with Crippen LogP contribution in [0.5, 0.6) is 0 Å². The van der Waals surface area contributed by atoms with E-state index in [1.54, 1.807) is 0 Å². The van der Waals surface area contributed by atoms with Crippen molar-refractivity contribution >= 4 is 24.8 Å². The molecule has 1 aliphatic heterocycles. The molecule has 0 aliphatic carbocycles. The van der Waals surface area contributed by atoms with Gasteiger partial charge in [-0.1, -0.05) is 0 Å². The molecular weight excluding hydrogens is 369 g/mol. The van der Waals surface area contributed by atoms with E-state index in [-0.39, 0.29) is 37.9 Å². The van der Waals surface area contributed by atoms with Crippen molar-refractivity contribution in [1.82, 2.24) is 10.2 Å². The Balaban J connectivity index is 0.00000242. The normalized spacial score (nSPS) is 17.1. The predicted molar refractivity (Wildman–Crippen MR) is 78.7 cm³/mol. The minimum Gasteiger partial charge on any atom is -0.314 e. The maximum absolute atomic E-state index is 13.8. The van der Waals surface area contributed by atoms with Crippen LogP contribution in [0.25, 0.3) is 0 Å². The van der Waals surface area contributed by atoms with E-state index in [1.807, 2.05) is 0 Å². The van der Waals surface area contributed by atoms with E-state index in [0.717, 1.165) is 0 Å². The minimum atomic E-state index is -4.61. The van der Waals surface area contributed by atoms with E-state index in [2.05, 4.69) is 5.32 Å². The Kier molecular flexibility index (Phi) is 8.69. The maximum atomic E-state index is 13.8. The molecule has 1 aromatic rings. The molecule has 1 heterocycles. The van der Waals surface area contributed by atoms with Gasteiger partial charge in [0.05, 0.1) is 6.42 Å². The molecular formula is C13H16Cl2F6N2. The van der Waals surface area contributed by atoms with Crippen molar-refractivity contribution in [3.05, 3.63) is 35.1 Å². The molecule has 0 radical (unpaired) electrons. The largest absolute Gasteiger partial charge is 0.390 e. The van der Waals surface area contributed by atoms with Crippen molar-refractivity contribution in [2.45, 2.75) is 18.6 Å². The third-order valence-electron chi connectivity index (χ3n) is 3.43. The first-order chi connectivity index (χ1) is 9.79. The van der Waals surface area contributed by atoms with E-state index in [9.17, 15) is 26.3 Å². The van der Waals surface area contributed by atoms with Gasteiger partial charge < -0.3 is 5.32 Å². The van der Waals surface area contributed by atoms with Crippen LogP contribution < -0.4 is 5.32 Å². The molecule has 2 rings (SSSR count). The number of nitrogens with zero attached hydrogens (tertiary/aromatic N) is 1. The Morgan fingerprint density at radius 2 is 1.52 bits per heavy atom. The lowest BCUT2D eigenvalue weighted by Gasteiger charge is -2.35. The molecule has 23 heavy (non-hydrogen) atoms. The zero-order valence-corrected chi connectivity index (χ0v) is 13.4. The van der Waals surface area contributed by atoms with E-state index in [4.69, 9.17) is 0 Å². The lowest BCUT2D eigenvalue weighted by molar-refractivity contribution is -0.149. The summed E-state index contributed by atoms with van der Waals surface area (Å²) in [6.45, 7) is 1.23. The van der Waals surface area contributed by atoms with Crippen molar-refractivity contribution in [1.29, 1.82) is 0 Å². The Hall–Kier alpha value is -0.700. The number of halogens is 8. The zero-order chi connectivity index (χ0) is 15.6. The summed E-state index contributed by atoms with van der Waals surface area (Å²) in [5.74, 6) is -4.07. The highest BCUT2D eigenvalue weighted by atomic mass is 35.5. The summed E-state index contributed by atoms with van der Waals surface area (Å²) in [5.41, 5.74) is -0.853. The van der Waals surface area contributed by atoms with Crippen LogP contribution >= 0.6 is 24.8 Å². The highest BCUT2D eigenvalue weighted by Gasteiger charge is 2.38. The number of rotatable bonds is 3. The smallest absolute Gasteiger partial charge is 0.314 e. The van der Waals surface area contributed by atoms with Crippen molar-refractivity contribution in [3.8, 4) is 0 Å². The molecule has 2 nitrogen and oxygen atoms in total. The first kappa shape index (κ1) is 22.3. The molecule has 1 aromatic carbocycles. The zero-order valence-electron chi connectivity index (χ0n) is 11.8. The van der Waals surface area contributed by atoms with Gasteiger partial charge in [-0.2, -0.15) is 13.2 Å². The number of hydrogen-bond acceptors (Lipinski definition) is 2. The number of alkyl halides is 3. The Morgan fingerprint density at radius 3 is 2.04 bits per heavy atom. The molecule has 0 saturated carbocycles. The molecule has 10 heteroatoms. The monoisotopic (exact) mass is 384 g/mol. The summed E-state index contributed by atoms with van der Waals surface area (Å²) in [6.07, 6.45) is -6.04. The first-order valence-electron chi connectivity index (χ1n) is 6.44. The summed E-state index contributed by atoms with van der Waals surface area (Å²) in [7, 11) is 0. The molecule has 1 fully saturated rings. The minimum absolute atomic E-state index is 0. The van der Waals surface area contributed by atoms with Gasteiger partial charge in [0.1, 0.15) is 5.82 Å². The maximum Gasteiger partial charge on any atom is 0.390 e. The topological polar surface area (TPSA) is 15.3 Å². The van der Waals surface area contributed by atoms with Gasteiger partial charge in [-0.15, -0.1) is 24.8 Å². The van der Waals surface area contributed by atoms with Crippen molar-refractivity contribution < 1.29 is 26.3 Å². The van der Waals surface area contributed by atoms with Gasteiger partial charge in [-0.05, 0) is 12.1 Å². The van der Waals surface area contributed by atoms with Crippen molar-refractivity contribution in [2.75, 3.05) is 26.2 Å². The van der Waals surface area contributed by atoms with E-state index < -0.39 is 41.7 Å². The molecule has 1 saturated heterocycles. The van der Waals surface area contributed by atoms with E-state index in [0.29, 0.717) is 25.2 Å². The average Bonchev–Trinajstić information content (AvgIpc) is 2.42. The lowest BCUT2D eigenvalue weighted by Crippen LogP contribution is -2.46. The van der Waals surface area contributed by atoms with Gasteiger partial charge in [-0.25, -0.2) is 13.2 Å². The summed E-state index contributed by atoms with van der Waals surface area (Å²) in [6, 6.07) is -0.349. The Labute approximate surface area is 142 Å². The third-order valence-corrected chi connectivity index (χ3v) is 3.43. The first-order valence-corrected chi connectivity index (χ1v) is 6.44. The van der Waals surface area contributed by atoms with Gasteiger partial charge in [0, 0.05) is 37.8 Å². The van der Waals surface area contributed by atoms with E-state index in [1.165, 1.54) is 4.90 Å². The van der Waals surface area contributed by atoms with Crippen LogP contribution in [-0.2, 0) is 0 Å². The molecule has 1 N–H and O–H groups in total. The van der Waals surface area contributed by atoms with Gasteiger partial charge in [-0.3, -0.25) is 4.90 Å². The number of nitrogens with one attached hydrogen (secondary N) is 1. The predicted octanol–water partition coefficient (Wildman–Crippen LogP) is 3.85. The molecule has 0 aromatic heterocycles. The average molecular weight is 385 g/mol. The molecule has 0 spiro atoms. The Bertz CT molecular complexity index is 506. The van der Waals surface area contributed by atoms with Crippen LogP contribution in [0, 0.1) is 17.5 Å².